The number of carbonyl (C=O) groups excluding carboxylic acids is 1. The number of rotatable bonds is 5. The van der Waals surface area contributed by atoms with Gasteiger partial charge in [-0.15, -0.1) is 5.10 Å². The Labute approximate surface area is 142 Å². The van der Waals surface area contributed by atoms with E-state index < -0.39 is 0 Å². The molecule has 1 atom stereocenters. The molecule has 0 bridgehead atoms. The predicted octanol–water partition coefficient (Wildman–Crippen LogP) is 2.57. The zero-order valence-corrected chi connectivity index (χ0v) is 13.9. The van der Waals surface area contributed by atoms with Crippen LogP contribution in [-0.4, -0.2) is 30.7 Å². The van der Waals surface area contributed by atoms with Crippen LogP contribution < -0.4 is 5.32 Å². The van der Waals surface area contributed by atoms with Crippen LogP contribution in [0.5, 0.6) is 0 Å². The lowest BCUT2D eigenvalue weighted by molar-refractivity contribution is -0.120. The van der Waals surface area contributed by atoms with E-state index in [1.54, 1.807) is 35.1 Å². The quantitative estimate of drug-likeness (QED) is 0.718. The number of hydrogen-bond donors (Lipinski definition) is 1. The molecule has 0 fully saturated rings. The molecular weight excluding hydrogens is 334 g/mol. The summed E-state index contributed by atoms with van der Waals surface area (Å²) in [7, 11) is 0. The number of nitrogens with zero attached hydrogens (tertiary/aromatic N) is 4. The normalized spacial score (nSPS) is 12.3. The summed E-state index contributed by atoms with van der Waals surface area (Å²) in [4.78, 5) is 20.5. The molecule has 23 heavy (non-hydrogen) atoms. The van der Waals surface area contributed by atoms with Gasteiger partial charge in [0.15, 0.2) is 0 Å². The van der Waals surface area contributed by atoms with Gasteiger partial charge in [0.25, 0.3) is 5.78 Å². The summed E-state index contributed by atoms with van der Waals surface area (Å²) in [5.74, 6) is 0.445. The topological polar surface area (TPSA) is 72.2 Å². The van der Waals surface area contributed by atoms with Crippen LogP contribution in [0.1, 0.15) is 12.5 Å². The van der Waals surface area contributed by atoms with Crippen LogP contribution in [0, 0.1) is 0 Å². The van der Waals surface area contributed by atoms with E-state index in [0.717, 1.165) is 5.56 Å². The number of thioether (sulfide) groups is 1. The zero-order valence-electron chi connectivity index (χ0n) is 12.3. The van der Waals surface area contributed by atoms with E-state index in [2.05, 4.69) is 20.4 Å². The zero-order chi connectivity index (χ0) is 16.2. The molecule has 2 aromatic heterocycles. The Morgan fingerprint density at radius 3 is 2.91 bits per heavy atom. The molecule has 0 saturated carbocycles. The fraction of sp³-hybridized carbons (Fsp3) is 0.200. The SMILES string of the molecule is C[C@@H](Sc1nc2ncccn2n1)C(=O)NCc1ccc(Cl)cc1. The fourth-order valence-electron chi connectivity index (χ4n) is 1.91. The van der Waals surface area contributed by atoms with E-state index in [1.165, 1.54) is 11.8 Å². The lowest BCUT2D eigenvalue weighted by Crippen LogP contribution is -2.30. The minimum absolute atomic E-state index is 0.0724. The minimum Gasteiger partial charge on any atom is -0.351 e. The third kappa shape index (κ3) is 4.00. The van der Waals surface area contributed by atoms with Crippen molar-refractivity contribution in [2.24, 2.45) is 0 Å². The van der Waals surface area contributed by atoms with E-state index in [4.69, 9.17) is 11.6 Å². The lowest BCUT2D eigenvalue weighted by atomic mass is 10.2. The lowest BCUT2D eigenvalue weighted by Gasteiger charge is -2.10. The van der Waals surface area contributed by atoms with Crippen LogP contribution in [-0.2, 0) is 11.3 Å². The largest absolute Gasteiger partial charge is 0.351 e. The highest BCUT2D eigenvalue weighted by molar-refractivity contribution is 8.00. The van der Waals surface area contributed by atoms with Crippen LogP contribution in [0.15, 0.2) is 47.9 Å². The van der Waals surface area contributed by atoms with Gasteiger partial charge in [-0.1, -0.05) is 35.5 Å². The van der Waals surface area contributed by atoms with Gasteiger partial charge in [0.1, 0.15) is 0 Å². The smallest absolute Gasteiger partial charge is 0.253 e. The first kappa shape index (κ1) is 15.8. The maximum absolute atomic E-state index is 12.2. The first-order valence-electron chi connectivity index (χ1n) is 6.98. The van der Waals surface area contributed by atoms with Crippen molar-refractivity contribution in [3.05, 3.63) is 53.3 Å². The molecule has 8 heteroatoms. The van der Waals surface area contributed by atoms with Crippen molar-refractivity contribution in [2.75, 3.05) is 0 Å². The van der Waals surface area contributed by atoms with Crippen LogP contribution >= 0.6 is 23.4 Å². The van der Waals surface area contributed by atoms with Crippen LogP contribution in [0.3, 0.4) is 0 Å². The number of aromatic nitrogens is 4. The molecule has 0 radical (unpaired) electrons. The van der Waals surface area contributed by atoms with Gasteiger partial charge in [-0.25, -0.2) is 9.50 Å². The molecule has 1 N–H and O–H groups in total. The van der Waals surface area contributed by atoms with Crippen LogP contribution in [0.25, 0.3) is 5.78 Å². The van der Waals surface area contributed by atoms with Crippen LogP contribution in [0.4, 0.5) is 0 Å². The highest BCUT2D eigenvalue weighted by Crippen LogP contribution is 2.20. The first-order valence-corrected chi connectivity index (χ1v) is 8.24. The second kappa shape index (κ2) is 6.97. The summed E-state index contributed by atoms with van der Waals surface area (Å²) >= 11 is 7.14. The number of benzene rings is 1. The van der Waals surface area contributed by atoms with Gasteiger partial charge in [0.05, 0.1) is 5.25 Å². The number of carbonyl (C=O) groups is 1. The average molecular weight is 348 g/mol. The molecular formula is C15H14ClN5OS. The third-order valence-corrected chi connectivity index (χ3v) is 4.33. The molecule has 0 aliphatic rings. The highest BCUT2D eigenvalue weighted by Gasteiger charge is 2.17. The number of hydrogen-bond acceptors (Lipinski definition) is 5. The highest BCUT2D eigenvalue weighted by atomic mass is 35.5. The average Bonchev–Trinajstić information content (AvgIpc) is 2.96. The summed E-state index contributed by atoms with van der Waals surface area (Å²) in [6, 6.07) is 9.15. The van der Waals surface area contributed by atoms with Crippen molar-refractivity contribution in [3.8, 4) is 0 Å². The van der Waals surface area contributed by atoms with Crippen molar-refractivity contribution in [1.29, 1.82) is 0 Å². The van der Waals surface area contributed by atoms with Gasteiger partial charge in [-0.3, -0.25) is 4.79 Å². The van der Waals surface area contributed by atoms with Crippen molar-refractivity contribution in [3.63, 3.8) is 0 Å². The monoisotopic (exact) mass is 347 g/mol. The fourth-order valence-corrected chi connectivity index (χ4v) is 2.81. The summed E-state index contributed by atoms with van der Waals surface area (Å²) in [6.45, 7) is 2.28. The van der Waals surface area contributed by atoms with E-state index in [1.807, 2.05) is 19.1 Å². The van der Waals surface area contributed by atoms with Gasteiger partial charge >= 0.3 is 0 Å². The molecule has 6 nitrogen and oxygen atoms in total. The Kier molecular flexibility index (Phi) is 4.78. The molecule has 1 amide bonds. The Bertz CT molecular complexity index is 787. The second-order valence-corrected chi connectivity index (χ2v) is 6.61. The van der Waals surface area contributed by atoms with Crippen molar-refractivity contribution < 1.29 is 4.79 Å². The Morgan fingerprint density at radius 2 is 2.17 bits per heavy atom. The van der Waals surface area contributed by atoms with E-state index in [0.29, 0.717) is 22.5 Å². The molecule has 3 rings (SSSR count). The molecule has 0 spiro atoms. The standard InChI is InChI=1S/C15H14ClN5OS/c1-10(13(22)18-9-11-3-5-12(16)6-4-11)23-15-19-14-17-7-2-8-21(14)20-15/h2-8,10H,9H2,1H3,(H,18,22)/t10-/m1/s1. The van der Waals surface area contributed by atoms with E-state index in [-0.39, 0.29) is 11.2 Å². The summed E-state index contributed by atoms with van der Waals surface area (Å²) in [6.07, 6.45) is 3.42. The number of halogens is 1. The molecule has 118 valence electrons. The molecule has 0 aliphatic carbocycles. The van der Waals surface area contributed by atoms with Crippen molar-refractivity contribution >= 4 is 35.0 Å². The molecule has 3 aromatic rings. The molecule has 0 aliphatic heterocycles. The minimum atomic E-state index is -0.306. The van der Waals surface area contributed by atoms with Crippen LogP contribution in [0.2, 0.25) is 5.02 Å². The predicted molar refractivity (Wildman–Crippen MR) is 89.4 cm³/mol. The Hall–Kier alpha value is -2.12. The number of fused-ring (bicyclic) bond motifs is 1. The van der Waals surface area contributed by atoms with Crippen molar-refractivity contribution in [2.45, 2.75) is 23.9 Å². The van der Waals surface area contributed by atoms with Gasteiger partial charge in [-0.05, 0) is 30.7 Å². The molecule has 1 aromatic carbocycles. The maximum Gasteiger partial charge on any atom is 0.253 e. The second-order valence-electron chi connectivity index (χ2n) is 4.86. The first-order chi connectivity index (χ1) is 11.1. The van der Waals surface area contributed by atoms with Gasteiger partial charge in [-0.2, -0.15) is 4.98 Å². The maximum atomic E-state index is 12.2. The van der Waals surface area contributed by atoms with Gasteiger partial charge < -0.3 is 5.32 Å². The van der Waals surface area contributed by atoms with Crippen molar-refractivity contribution in [1.82, 2.24) is 24.9 Å². The number of nitrogens with one attached hydrogen (secondary N) is 1. The van der Waals surface area contributed by atoms with E-state index in [9.17, 15) is 4.79 Å². The van der Waals surface area contributed by atoms with E-state index >= 15 is 0 Å². The Morgan fingerprint density at radius 1 is 1.39 bits per heavy atom. The molecule has 2 heterocycles. The summed E-state index contributed by atoms with van der Waals surface area (Å²) in [5, 5.41) is 8.06. The summed E-state index contributed by atoms with van der Waals surface area (Å²) in [5.41, 5.74) is 0.995. The molecule has 0 unspecified atom stereocenters. The summed E-state index contributed by atoms with van der Waals surface area (Å²) < 4.78 is 1.58. The van der Waals surface area contributed by atoms with Gasteiger partial charge in [0, 0.05) is 24.0 Å². The third-order valence-electron chi connectivity index (χ3n) is 3.13. The molecule has 0 saturated heterocycles. The number of amides is 1. The van der Waals surface area contributed by atoms with Gasteiger partial charge in [0.2, 0.25) is 11.1 Å². The Balaban J connectivity index is 1.57.